The van der Waals surface area contributed by atoms with Crippen molar-refractivity contribution in [1.29, 1.82) is 0 Å². The van der Waals surface area contributed by atoms with Crippen LogP contribution in [0.25, 0.3) is 0 Å². The minimum absolute atomic E-state index is 0.0223. The van der Waals surface area contributed by atoms with Crippen molar-refractivity contribution >= 4 is 22.2 Å². The maximum Gasteiger partial charge on any atom is 0.407 e. The van der Waals surface area contributed by atoms with Gasteiger partial charge in [0.15, 0.2) is 5.60 Å². The van der Waals surface area contributed by atoms with Crippen LogP contribution in [0.15, 0.2) is 59.5 Å². The van der Waals surface area contributed by atoms with Gasteiger partial charge in [0, 0.05) is 12.5 Å². The molecule has 1 atom stereocenters. The van der Waals surface area contributed by atoms with E-state index < -0.39 is 33.4 Å². The smallest absolute Gasteiger partial charge is 0.407 e. The highest BCUT2D eigenvalue weighted by Crippen LogP contribution is 2.34. The molecule has 0 radical (unpaired) electrons. The predicted molar refractivity (Wildman–Crippen MR) is 114 cm³/mol. The van der Waals surface area contributed by atoms with Gasteiger partial charge in [-0.2, -0.15) is 8.42 Å². The molecule has 0 aliphatic carbocycles. The number of carbonyl (C=O) groups excluding carboxylic acids is 2. The molecule has 9 heteroatoms. The second-order valence-electron chi connectivity index (χ2n) is 8.03. The molecule has 0 aliphatic rings. The molecule has 0 saturated carbocycles. The molecule has 0 heterocycles. The maximum absolute atomic E-state index is 12.7. The monoisotopic (exact) mass is 449 g/mol. The number of hydrogen-bond donors (Lipinski definition) is 1. The average Bonchev–Trinajstić information content (AvgIpc) is 2.65. The Balaban J connectivity index is 2.37. The van der Waals surface area contributed by atoms with Gasteiger partial charge in [-0.3, -0.25) is 4.79 Å². The Morgan fingerprint density at radius 3 is 2.06 bits per heavy atom. The fraction of sp³-hybridized carbons (Fsp3) is 0.364. The van der Waals surface area contributed by atoms with Crippen molar-refractivity contribution < 1.29 is 31.7 Å². The summed E-state index contributed by atoms with van der Waals surface area (Å²) >= 11 is 0. The van der Waals surface area contributed by atoms with E-state index in [9.17, 15) is 18.0 Å². The van der Waals surface area contributed by atoms with Gasteiger partial charge >= 0.3 is 22.2 Å². The third kappa shape index (κ3) is 6.99. The molecule has 8 nitrogen and oxygen atoms in total. The van der Waals surface area contributed by atoms with Gasteiger partial charge < -0.3 is 19.0 Å². The number of alkyl carbamates (subject to hydrolysis) is 1. The van der Waals surface area contributed by atoms with Gasteiger partial charge in [0.25, 0.3) is 0 Å². The Labute approximate surface area is 182 Å². The fourth-order valence-corrected chi connectivity index (χ4v) is 3.76. The molecule has 2 aromatic rings. The molecule has 0 spiro atoms. The Kier molecular flexibility index (Phi) is 7.32. The summed E-state index contributed by atoms with van der Waals surface area (Å²) in [5, 5.41) is 2.56. The van der Waals surface area contributed by atoms with Gasteiger partial charge in [0.05, 0.1) is 6.54 Å². The summed E-state index contributed by atoms with van der Waals surface area (Å²) in [6, 6.07) is 13.9. The minimum Gasteiger partial charge on any atom is -0.453 e. The van der Waals surface area contributed by atoms with E-state index in [2.05, 4.69) is 5.32 Å². The van der Waals surface area contributed by atoms with Crippen molar-refractivity contribution in [3.05, 3.63) is 60.2 Å². The van der Waals surface area contributed by atoms with Gasteiger partial charge in [-0.15, -0.1) is 0 Å². The standard InChI is InChI=1S/C22H27NO7S/c1-16(24)28-22(5,15-23-20(25)29-21(2,3)4)18-13-9-10-14-19(18)30-31(26,27)17-11-7-6-8-12-17/h6-14H,15H2,1-5H3,(H,23,25). The maximum atomic E-state index is 12.7. The van der Waals surface area contributed by atoms with E-state index in [1.807, 2.05) is 0 Å². The summed E-state index contributed by atoms with van der Waals surface area (Å²) in [6.45, 7) is 7.74. The highest BCUT2D eigenvalue weighted by molar-refractivity contribution is 7.87. The van der Waals surface area contributed by atoms with Crippen LogP contribution in [0.2, 0.25) is 0 Å². The van der Waals surface area contributed by atoms with E-state index in [1.165, 1.54) is 25.1 Å². The summed E-state index contributed by atoms with van der Waals surface area (Å²) in [5.74, 6) is -0.643. The van der Waals surface area contributed by atoms with E-state index in [-0.39, 0.29) is 22.8 Å². The summed E-state index contributed by atoms with van der Waals surface area (Å²) < 4.78 is 41.5. The lowest BCUT2D eigenvalue weighted by molar-refractivity contribution is -0.156. The molecule has 0 bridgehead atoms. The average molecular weight is 450 g/mol. The molecular weight excluding hydrogens is 422 g/mol. The molecule has 2 aromatic carbocycles. The van der Waals surface area contributed by atoms with E-state index in [1.54, 1.807) is 64.1 Å². The second kappa shape index (κ2) is 9.38. The normalized spacial score (nSPS) is 13.6. The zero-order valence-electron chi connectivity index (χ0n) is 18.2. The van der Waals surface area contributed by atoms with Gasteiger partial charge in [-0.05, 0) is 45.9 Å². The SMILES string of the molecule is CC(=O)OC(C)(CNC(=O)OC(C)(C)C)c1ccccc1OS(=O)(=O)c1ccccc1. The number of carbonyl (C=O) groups is 2. The fourth-order valence-electron chi connectivity index (χ4n) is 2.79. The van der Waals surface area contributed by atoms with Crippen LogP contribution < -0.4 is 9.50 Å². The van der Waals surface area contributed by atoms with Crippen molar-refractivity contribution in [3.63, 3.8) is 0 Å². The van der Waals surface area contributed by atoms with Gasteiger partial charge in [-0.1, -0.05) is 36.4 Å². The van der Waals surface area contributed by atoms with Crippen LogP contribution in [-0.4, -0.2) is 32.6 Å². The molecule has 0 aliphatic heterocycles. The van der Waals surface area contributed by atoms with Crippen molar-refractivity contribution in [2.45, 2.75) is 50.7 Å². The lowest BCUT2D eigenvalue weighted by atomic mass is 9.94. The first-order valence-corrected chi connectivity index (χ1v) is 11.0. The topological polar surface area (TPSA) is 108 Å². The van der Waals surface area contributed by atoms with Gasteiger partial charge in [-0.25, -0.2) is 4.79 Å². The van der Waals surface area contributed by atoms with Crippen LogP contribution in [0, 0.1) is 0 Å². The summed E-state index contributed by atoms with van der Waals surface area (Å²) in [7, 11) is -4.13. The molecule has 2 rings (SSSR count). The second-order valence-corrected chi connectivity index (χ2v) is 9.57. The van der Waals surface area contributed by atoms with Crippen LogP contribution in [0.1, 0.15) is 40.2 Å². The van der Waals surface area contributed by atoms with Crippen LogP contribution >= 0.6 is 0 Å². The minimum atomic E-state index is -4.13. The van der Waals surface area contributed by atoms with Crippen LogP contribution in [-0.2, 0) is 30.0 Å². The molecule has 1 N–H and O–H groups in total. The molecule has 0 aromatic heterocycles. The van der Waals surface area contributed by atoms with Crippen molar-refractivity contribution in [2.24, 2.45) is 0 Å². The van der Waals surface area contributed by atoms with E-state index in [0.717, 1.165) is 0 Å². The van der Waals surface area contributed by atoms with Gasteiger partial charge in [0.2, 0.25) is 0 Å². The molecule has 168 valence electrons. The highest BCUT2D eigenvalue weighted by atomic mass is 32.2. The first-order chi connectivity index (χ1) is 14.3. The third-order valence-electron chi connectivity index (χ3n) is 4.03. The van der Waals surface area contributed by atoms with E-state index >= 15 is 0 Å². The quantitative estimate of drug-likeness (QED) is 0.506. The Morgan fingerprint density at radius 1 is 0.903 bits per heavy atom. The van der Waals surface area contributed by atoms with Crippen molar-refractivity contribution in [3.8, 4) is 5.75 Å². The molecule has 1 unspecified atom stereocenters. The Morgan fingerprint density at radius 2 is 1.48 bits per heavy atom. The number of esters is 1. The Bertz CT molecular complexity index is 1030. The van der Waals surface area contributed by atoms with Crippen LogP contribution in [0.5, 0.6) is 5.75 Å². The number of ether oxygens (including phenoxy) is 2. The van der Waals surface area contributed by atoms with Crippen molar-refractivity contribution in [1.82, 2.24) is 5.32 Å². The molecular formula is C22H27NO7S. The summed E-state index contributed by atoms with van der Waals surface area (Å²) in [5.41, 5.74) is -1.88. The summed E-state index contributed by atoms with van der Waals surface area (Å²) in [4.78, 5) is 23.9. The number of benzene rings is 2. The molecule has 0 saturated heterocycles. The zero-order valence-corrected chi connectivity index (χ0v) is 19.0. The first-order valence-electron chi connectivity index (χ1n) is 9.58. The molecule has 1 amide bonds. The van der Waals surface area contributed by atoms with Gasteiger partial charge in [0.1, 0.15) is 16.2 Å². The Hall–Kier alpha value is -3.07. The predicted octanol–water partition coefficient (Wildman–Crippen LogP) is 3.76. The van der Waals surface area contributed by atoms with E-state index in [0.29, 0.717) is 0 Å². The lowest BCUT2D eigenvalue weighted by Crippen LogP contribution is -2.43. The zero-order chi connectivity index (χ0) is 23.3. The molecule has 31 heavy (non-hydrogen) atoms. The largest absolute Gasteiger partial charge is 0.453 e. The lowest BCUT2D eigenvalue weighted by Gasteiger charge is -2.31. The molecule has 0 fully saturated rings. The number of rotatable bonds is 7. The van der Waals surface area contributed by atoms with Crippen LogP contribution in [0.4, 0.5) is 4.79 Å². The number of hydrogen-bond acceptors (Lipinski definition) is 7. The summed E-state index contributed by atoms with van der Waals surface area (Å²) in [6.07, 6.45) is -0.707. The number of amides is 1. The number of nitrogens with one attached hydrogen (secondary N) is 1. The van der Waals surface area contributed by atoms with Crippen LogP contribution in [0.3, 0.4) is 0 Å². The van der Waals surface area contributed by atoms with Crippen molar-refractivity contribution in [2.75, 3.05) is 6.54 Å². The number of para-hydroxylation sites is 1. The third-order valence-corrected chi connectivity index (χ3v) is 5.27. The highest BCUT2D eigenvalue weighted by Gasteiger charge is 2.35. The van der Waals surface area contributed by atoms with E-state index in [4.69, 9.17) is 13.7 Å². The first kappa shape index (κ1) is 24.2.